The maximum atomic E-state index is 6.09. The van der Waals surface area contributed by atoms with E-state index in [1.165, 1.54) is 54.2 Å². The van der Waals surface area contributed by atoms with Crippen LogP contribution in [-0.2, 0) is 0 Å². The molecule has 14 aromatic rings. The number of nitrogens with zero attached hydrogens (tertiary/aromatic N) is 4. The Morgan fingerprint density at radius 2 is 0.924 bits per heavy atom. The molecule has 14 rings (SSSR count). The highest BCUT2D eigenvalue weighted by Crippen LogP contribution is 2.44. The molecule has 66 heavy (non-hydrogen) atoms. The van der Waals surface area contributed by atoms with E-state index in [4.69, 9.17) is 19.4 Å². The van der Waals surface area contributed by atoms with Crippen LogP contribution in [0, 0.1) is 0 Å². The summed E-state index contributed by atoms with van der Waals surface area (Å²) in [5.74, 6) is 0. The fraction of sp³-hybridized carbons (Fsp3) is 0. The second kappa shape index (κ2) is 14.3. The van der Waals surface area contributed by atoms with Crippen LogP contribution in [-0.4, -0.2) is 19.5 Å². The highest BCUT2D eigenvalue weighted by molar-refractivity contribution is 6.29. The lowest BCUT2D eigenvalue weighted by molar-refractivity contribution is 0.617. The molecule has 0 aliphatic carbocycles. The first-order valence-corrected chi connectivity index (χ1v) is 22.3. The van der Waals surface area contributed by atoms with Gasteiger partial charge in [0, 0.05) is 56.0 Å². The van der Waals surface area contributed by atoms with E-state index < -0.39 is 0 Å². The van der Waals surface area contributed by atoms with Crippen molar-refractivity contribution in [2.45, 2.75) is 0 Å². The number of pyridine rings is 3. The van der Waals surface area contributed by atoms with Crippen molar-refractivity contribution < 1.29 is 4.42 Å². The quantitative estimate of drug-likeness (QED) is 0.162. The third-order valence-corrected chi connectivity index (χ3v) is 13.5. The molecule has 9 aromatic carbocycles. The van der Waals surface area contributed by atoms with Gasteiger partial charge in [0.2, 0.25) is 0 Å². The Bertz CT molecular complexity index is 4190. The molecule has 0 atom stereocenters. The molecule has 0 radical (unpaired) electrons. The van der Waals surface area contributed by atoms with E-state index in [0.29, 0.717) is 0 Å². The molecular weight excluding hydrogens is 805 g/mol. The van der Waals surface area contributed by atoms with Gasteiger partial charge in [-0.3, -0.25) is 9.97 Å². The molecule has 5 heterocycles. The smallest absolute Gasteiger partial charge is 0.141 e. The average Bonchev–Trinajstić information content (AvgIpc) is 4.00. The molecule has 0 unspecified atom stereocenters. The molecule has 0 spiro atoms. The zero-order valence-corrected chi connectivity index (χ0v) is 35.5. The number of hydrogen-bond donors (Lipinski definition) is 0. The fourth-order valence-corrected chi connectivity index (χ4v) is 10.5. The van der Waals surface area contributed by atoms with Crippen molar-refractivity contribution in [1.82, 2.24) is 19.5 Å². The Hall–Kier alpha value is -8.93. The molecule has 0 N–H and O–H groups in total. The van der Waals surface area contributed by atoms with Gasteiger partial charge >= 0.3 is 0 Å². The topological polar surface area (TPSA) is 56.7 Å². The third-order valence-electron chi connectivity index (χ3n) is 13.5. The largest absolute Gasteiger partial charge is 0.464 e. The molecule has 306 valence electrons. The third kappa shape index (κ3) is 5.57. The van der Waals surface area contributed by atoms with Gasteiger partial charge in [0.25, 0.3) is 0 Å². The number of fused-ring (bicyclic) bond motifs is 12. The summed E-state index contributed by atoms with van der Waals surface area (Å²) in [6, 6.07) is 72.0. The van der Waals surface area contributed by atoms with Gasteiger partial charge < -0.3 is 8.98 Å². The van der Waals surface area contributed by atoms with E-state index in [9.17, 15) is 0 Å². The SMILES string of the molecule is c1ccc(-c2ccc3c(c2)c2cc4c5ccccc5c5ccc(-c6cccc7ccoc67)cc5c4cc2n3-c2cc(-c3cccc4cccnc34)nc(-c3cccc4cccnc34)c2)cc1. The van der Waals surface area contributed by atoms with Gasteiger partial charge in [0.15, 0.2) is 0 Å². The lowest BCUT2D eigenvalue weighted by Gasteiger charge is -2.16. The zero-order valence-electron chi connectivity index (χ0n) is 35.5. The monoisotopic (exact) mass is 840 g/mol. The molecule has 0 bridgehead atoms. The van der Waals surface area contributed by atoms with Crippen LogP contribution >= 0.6 is 0 Å². The van der Waals surface area contributed by atoms with Crippen LogP contribution in [0.25, 0.3) is 137 Å². The Labute approximate surface area is 378 Å². The lowest BCUT2D eigenvalue weighted by atomic mass is 9.91. The number of para-hydroxylation sites is 3. The number of rotatable bonds is 5. The van der Waals surface area contributed by atoms with Crippen LogP contribution < -0.4 is 0 Å². The van der Waals surface area contributed by atoms with E-state index in [1.807, 2.05) is 30.6 Å². The minimum atomic E-state index is 0.838. The van der Waals surface area contributed by atoms with E-state index in [2.05, 4.69) is 187 Å². The van der Waals surface area contributed by atoms with Crippen LogP contribution in [0.15, 0.2) is 223 Å². The van der Waals surface area contributed by atoms with Crippen molar-refractivity contribution in [2.24, 2.45) is 0 Å². The summed E-state index contributed by atoms with van der Waals surface area (Å²) in [5, 5.41) is 12.8. The minimum absolute atomic E-state index is 0.838. The number of aromatic nitrogens is 4. The van der Waals surface area contributed by atoms with Gasteiger partial charge in [0.05, 0.1) is 45.4 Å². The molecular formula is C61H36N4O. The zero-order chi connectivity index (χ0) is 43.3. The van der Waals surface area contributed by atoms with E-state index in [1.54, 1.807) is 6.26 Å². The maximum absolute atomic E-state index is 6.09. The second-order valence-corrected chi connectivity index (χ2v) is 17.2. The van der Waals surface area contributed by atoms with Crippen LogP contribution in [0.3, 0.4) is 0 Å². The Morgan fingerprint density at radius 3 is 1.67 bits per heavy atom. The molecule has 0 saturated heterocycles. The Kier molecular flexibility index (Phi) is 7.91. The summed E-state index contributed by atoms with van der Waals surface area (Å²) in [5.41, 5.74) is 14.1. The Balaban J connectivity index is 1.12. The van der Waals surface area contributed by atoms with Crippen LogP contribution in [0.1, 0.15) is 0 Å². The summed E-state index contributed by atoms with van der Waals surface area (Å²) >= 11 is 0. The van der Waals surface area contributed by atoms with Crippen molar-refractivity contribution >= 4 is 86.9 Å². The first-order chi connectivity index (χ1) is 32.7. The molecule has 0 aliphatic rings. The molecule has 0 saturated carbocycles. The molecule has 5 heteroatoms. The van der Waals surface area contributed by atoms with Crippen molar-refractivity contribution in [1.29, 1.82) is 0 Å². The van der Waals surface area contributed by atoms with Gasteiger partial charge in [-0.2, -0.15) is 0 Å². The summed E-state index contributed by atoms with van der Waals surface area (Å²) in [6.07, 6.45) is 5.50. The number of furan rings is 1. The van der Waals surface area contributed by atoms with Crippen molar-refractivity contribution in [3.05, 3.63) is 219 Å². The van der Waals surface area contributed by atoms with Gasteiger partial charge in [-0.15, -0.1) is 0 Å². The molecule has 5 nitrogen and oxygen atoms in total. The predicted octanol–water partition coefficient (Wildman–Crippen LogP) is 16.1. The van der Waals surface area contributed by atoms with Crippen molar-refractivity contribution in [3.63, 3.8) is 0 Å². The van der Waals surface area contributed by atoms with Crippen molar-refractivity contribution in [3.8, 4) is 50.5 Å². The molecule has 5 aromatic heterocycles. The van der Waals surface area contributed by atoms with Crippen molar-refractivity contribution in [2.75, 3.05) is 0 Å². The van der Waals surface area contributed by atoms with Gasteiger partial charge in [0.1, 0.15) is 5.58 Å². The van der Waals surface area contributed by atoms with Gasteiger partial charge in [-0.1, -0.05) is 140 Å². The Morgan fingerprint density at radius 1 is 0.348 bits per heavy atom. The normalized spacial score (nSPS) is 11.9. The first-order valence-electron chi connectivity index (χ1n) is 22.3. The number of hydrogen-bond acceptors (Lipinski definition) is 4. The number of benzene rings is 9. The summed E-state index contributed by atoms with van der Waals surface area (Å²) in [6.45, 7) is 0. The molecule has 0 aliphatic heterocycles. The van der Waals surface area contributed by atoms with Crippen LogP contribution in [0.5, 0.6) is 0 Å². The van der Waals surface area contributed by atoms with Gasteiger partial charge in [-0.05, 0) is 110 Å². The summed E-state index contributed by atoms with van der Waals surface area (Å²) in [7, 11) is 0. The van der Waals surface area contributed by atoms with E-state index in [0.717, 1.165) is 83.1 Å². The average molecular weight is 841 g/mol. The first kappa shape index (κ1) is 36.5. The van der Waals surface area contributed by atoms with E-state index in [-0.39, 0.29) is 0 Å². The molecule has 0 fully saturated rings. The molecule has 0 amide bonds. The highest BCUT2D eigenvalue weighted by Gasteiger charge is 2.21. The summed E-state index contributed by atoms with van der Waals surface area (Å²) in [4.78, 5) is 15.3. The highest BCUT2D eigenvalue weighted by atomic mass is 16.3. The van der Waals surface area contributed by atoms with E-state index >= 15 is 0 Å². The van der Waals surface area contributed by atoms with Crippen LogP contribution in [0.2, 0.25) is 0 Å². The van der Waals surface area contributed by atoms with Gasteiger partial charge in [-0.25, -0.2) is 4.98 Å². The minimum Gasteiger partial charge on any atom is -0.464 e. The maximum Gasteiger partial charge on any atom is 0.141 e. The summed E-state index contributed by atoms with van der Waals surface area (Å²) < 4.78 is 8.53. The lowest BCUT2D eigenvalue weighted by Crippen LogP contribution is -1.99. The predicted molar refractivity (Wildman–Crippen MR) is 273 cm³/mol. The fourth-order valence-electron chi connectivity index (χ4n) is 10.5. The van der Waals surface area contributed by atoms with Crippen LogP contribution in [0.4, 0.5) is 0 Å². The second-order valence-electron chi connectivity index (χ2n) is 17.2. The standard InChI is InChI=1S/C61H36N4O/c1-2-11-37(12-3-1)41-24-26-57-53(31-41)54-35-51-46-19-5-4-18-45(46)47-25-23-42(44-20-8-15-40-27-30-66-61(40)44)32-50(47)52(51)36-58(54)65(57)43-33-55(48-21-6-13-38-16-9-28-62-59(38)48)64-56(34-43)49-22-7-14-39-17-10-29-63-60(39)49/h1-36H.